The van der Waals surface area contributed by atoms with E-state index in [1.165, 1.54) is 0 Å². The van der Waals surface area contributed by atoms with Crippen LogP contribution >= 0.6 is 0 Å². The molecule has 0 aliphatic heterocycles. The fraction of sp³-hybridized carbons (Fsp3) is 0.889. The summed E-state index contributed by atoms with van der Waals surface area (Å²) in [6.45, 7) is 6.94. The standard InChI is InChI=1S/C9H19NO2/c1-4-5-6-12-9(11)7-10-8(2)3/h8,10H,4-7H2,1-3H3. The molecule has 0 saturated heterocycles. The Kier molecular flexibility index (Phi) is 6.76. The Morgan fingerprint density at radius 1 is 1.50 bits per heavy atom. The molecule has 1 N–H and O–H groups in total. The second-order valence-electron chi connectivity index (χ2n) is 3.11. The van der Waals surface area contributed by atoms with Gasteiger partial charge in [0.25, 0.3) is 0 Å². The first-order chi connectivity index (χ1) is 5.66. The van der Waals surface area contributed by atoms with E-state index in [-0.39, 0.29) is 5.97 Å². The van der Waals surface area contributed by atoms with Gasteiger partial charge in [0.05, 0.1) is 13.2 Å². The van der Waals surface area contributed by atoms with Crippen molar-refractivity contribution in [2.24, 2.45) is 0 Å². The van der Waals surface area contributed by atoms with E-state index < -0.39 is 0 Å². The monoisotopic (exact) mass is 173 g/mol. The number of hydrogen-bond acceptors (Lipinski definition) is 3. The van der Waals surface area contributed by atoms with Crippen LogP contribution in [0, 0.1) is 0 Å². The molecule has 3 heteroatoms. The third-order valence-electron chi connectivity index (χ3n) is 1.42. The zero-order valence-electron chi connectivity index (χ0n) is 8.22. The molecule has 0 aliphatic rings. The van der Waals surface area contributed by atoms with Gasteiger partial charge in [0, 0.05) is 6.04 Å². The largest absolute Gasteiger partial charge is 0.465 e. The molecule has 0 atom stereocenters. The summed E-state index contributed by atoms with van der Waals surface area (Å²) in [6.07, 6.45) is 2.01. The van der Waals surface area contributed by atoms with Crippen LogP contribution in [0.15, 0.2) is 0 Å². The van der Waals surface area contributed by atoms with Crippen LogP contribution < -0.4 is 5.32 Å². The molecule has 0 amide bonds. The Bertz CT molecular complexity index is 124. The molecule has 0 rings (SSSR count). The maximum atomic E-state index is 10.9. The third kappa shape index (κ3) is 7.54. The van der Waals surface area contributed by atoms with Gasteiger partial charge in [-0.25, -0.2) is 0 Å². The minimum atomic E-state index is -0.155. The number of esters is 1. The van der Waals surface area contributed by atoms with E-state index in [2.05, 4.69) is 12.2 Å². The average Bonchev–Trinajstić information content (AvgIpc) is 2.01. The van der Waals surface area contributed by atoms with E-state index in [4.69, 9.17) is 4.74 Å². The first kappa shape index (κ1) is 11.4. The molecule has 0 fully saturated rings. The smallest absolute Gasteiger partial charge is 0.319 e. The Labute approximate surface area is 74.5 Å². The predicted molar refractivity (Wildman–Crippen MR) is 49.0 cm³/mol. The normalized spacial score (nSPS) is 10.3. The van der Waals surface area contributed by atoms with Crippen molar-refractivity contribution in [3.05, 3.63) is 0 Å². The Morgan fingerprint density at radius 2 is 2.17 bits per heavy atom. The van der Waals surface area contributed by atoms with Crippen molar-refractivity contribution in [2.45, 2.75) is 39.7 Å². The second kappa shape index (κ2) is 7.10. The summed E-state index contributed by atoms with van der Waals surface area (Å²) in [5.41, 5.74) is 0. The maximum absolute atomic E-state index is 10.9. The van der Waals surface area contributed by atoms with Crippen LogP contribution in [0.25, 0.3) is 0 Å². The van der Waals surface area contributed by atoms with Crippen LogP contribution in [0.5, 0.6) is 0 Å². The molecule has 0 bridgehead atoms. The van der Waals surface area contributed by atoms with Crippen molar-refractivity contribution < 1.29 is 9.53 Å². The number of hydrogen-bond donors (Lipinski definition) is 1. The van der Waals surface area contributed by atoms with E-state index in [0.29, 0.717) is 19.2 Å². The Hall–Kier alpha value is -0.570. The quantitative estimate of drug-likeness (QED) is 0.486. The fourth-order valence-electron chi connectivity index (χ4n) is 0.669. The highest BCUT2D eigenvalue weighted by Crippen LogP contribution is 1.88. The average molecular weight is 173 g/mol. The van der Waals surface area contributed by atoms with Crippen molar-refractivity contribution in [2.75, 3.05) is 13.2 Å². The van der Waals surface area contributed by atoms with E-state index in [1.807, 2.05) is 13.8 Å². The van der Waals surface area contributed by atoms with Crippen LogP contribution in [-0.4, -0.2) is 25.2 Å². The zero-order chi connectivity index (χ0) is 9.40. The number of rotatable bonds is 6. The lowest BCUT2D eigenvalue weighted by atomic mass is 10.4. The van der Waals surface area contributed by atoms with E-state index in [9.17, 15) is 4.79 Å². The third-order valence-corrected chi connectivity index (χ3v) is 1.42. The minimum Gasteiger partial charge on any atom is -0.465 e. The summed E-state index contributed by atoms with van der Waals surface area (Å²) in [7, 11) is 0. The van der Waals surface area contributed by atoms with Crippen molar-refractivity contribution in [3.8, 4) is 0 Å². The van der Waals surface area contributed by atoms with Gasteiger partial charge in [-0.15, -0.1) is 0 Å². The first-order valence-corrected chi connectivity index (χ1v) is 4.55. The Morgan fingerprint density at radius 3 is 2.67 bits per heavy atom. The SMILES string of the molecule is CCCCOC(=O)CNC(C)C. The van der Waals surface area contributed by atoms with E-state index >= 15 is 0 Å². The van der Waals surface area contributed by atoms with E-state index in [0.717, 1.165) is 12.8 Å². The summed E-state index contributed by atoms with van der Waals surface area (Å²) >= 11 is 0. The first-order valence-electron chi connectivity index (χ1n) is 4.55. The number of nitrogens with one attached hydrogen (secondary N) is 1. The molecule has 0 radical (unpaired) electrons. The summed E-state index contributed by atoms with van der Waals surface area (Å²) in [5.74, 6) is -0.155. The molecular weight excluding hydrogens is 154 g/mol. The molecule has 72 valence electrons. The zero-order valence-corrected chi connectivity index (χ0v) is 8.22. The highest BCUT2D eigenvalue weighted by Gasteiger charge is 2.01. The van der Waals surface area contributed by atoms with E-state index in [1.54, 1.807) is 0 Å². The number of carbonyl (C=O) groups is 1. The maximum Gasteiger partial charge on any atom is 0.319 e. The summed E-state index contributed by atoms with van der Waals surface area (Å²) in [4.78, 5) is 10.9. The molecule has 12 heavy (non-hydrogen) atoms. The molecular formula is C9H19NO2. The van der Waals surface area contributed by atoms with Crippen LogP contribution in [0.3, 0.4) is 0 Å². The van der Waals surface area contributed by atoms with Gasteiger partial charge in [-0.2, -0.15) is 0 Å². The topological polar surface area (TPSA) is 38.3 Å². The van der Waals surface area contributed by atoms with Gasteiger partial charge in [-0.3, -0.25) is 4.79 Å². The van der Waals surface area contributed by atoms with Crippen molar-refractivity contribution in [3.63, 3.8) is 0 Å². The highest BCUT2D eigenvalue weighted by atomic mass is 16.5. The van der Waals surface area contributed by atoms with Gasteiger partial charge in [0.2, 0.25) is 0 Å². The second-order valence-corrected chi connectivity index (χ2v) is 3.11. The predicted octanol–water partition coefficient (Wildman–Crippen LogP) is 1.33. The fourth-order valence-corrected chi connectivity index (χ4v) is 0.669. The molecule has 0 heterocycles. The summed E-state index contributed by atoms with van der Waals surface area (Å²) in [6, 6.07) is 0.337. The number of unbranched alkanes of at least 4 members (excludes halogenated alkanes) is 1. The molecule has 0 unspecified atom stereocenters. The molecule has 0 spiro atoms. The molecule has 0 aromatic carbocycles. The van der Waals surface area contributed by atoms with Crippen molar-refractivity contribution >= 4 is 5.97 Å². The lowest BCUT2D eigenvalue weighted by Gasteiger charge is -2.07. The van der Waals surface area contributed by atoms with Gasteiger partial charge < -0.3 is 10.1 Å². The number of ether oxygens (including phenoxy) is 1. The molecule has 0 aromatic rings. The molecule has 0 aliphatic carbocycles. The van der Waals surface area contributed by atoms with Crippen LogP contribution in [0.1, 0.15) is 33.6 Å². The van der Waals surface area contributed by atoms with Crippen molar-refractivity contribution in [1.82, 2.24) is 5.32 Å². The van der Waals surface area contributed by atoms with Gasteiger partial charge >= 0.3 is 5.97 Å². The summed E-state index contributed by atoms with van der Waals surface area (Å²) < 4.78 is 4.93. The van der Waals surface area contributed by atoms with Crippen LogP contribution in [-0.2, 0) is 9.53 Å². The van der Waals surface area contributed by atoms with Gasteiger partial charge in [0.15, 0.2) is 0 Å². The lowest BCUT2D eigenvalue weighted by Crippen LogP contribution is -2.30. The molecule has 0 aromatic heterocycles. The molecule has 0 saturated carbocycles. The summed E-state index contributed by atoms with van der Waals surface area (Å²) in [5, 5.41) is 3.00. The van der Waals surface area contributed by atoms with Crippen molar-refractivity contribution in [1.29, 1.82) is 0 Å². The van der Waals surface area contributed by atoms with Gasteiger partial charge in [-0.1, -0.05) is 27.2 Å². The number of carbonyl (C=O) groups excluding carboxylic acids is 1. The van der Waals surface area contributed by atoms with Gasteiger partial charge in [0.1, 0.15) is 0 Å². The lowest BCUT2D eigenvalue weighted by molar-refractivity contribution is -0.142. The van der Waals surface area contributed by atoms with Crippen LogP contribution in [0.4, 0.5) is 0 Å². The van der Waals surface area contributed by atoms with Gasteiger partial charge in [-0.05, 0) is 6.42 Å². The van der Waals surface area contributed by atoms with Crippen LogP contribution in [0.2, 0.25) is 0 Å². The minimum absolute atomic E-state index is 0.155. The highest BCUT2D eigenvalue weighted by molar-refractivity contribution is 5.71. The Balaban J connectivity index is 3.22. The molecule has 3 nitrogen and oxygen atoms in total.